The fourth-order valence-electron chi connectivity index (χ4n) is 8.14. The Hall–Kier alpha value is -1.47. The number of ether oxygens (including phenoxy) is 2. The van der Waals surface area contributed by atoms with Crippen LogP contribution in [-0.4, -0.2) is 24.0 Å². The van der Waals surface area contributed by atoms with Gasteiger partial charge in [-0.3, -0.25) is 0 Å². The van der Waals surface area contributed by atoms with Crippen LogP contribution in [-0.2, 0) is 9.47 Å². The Balaban J connectivity index is 1.57. The van der Waals surface area contributed by atoms with Crippen LogP contribution in [0.5, 0.6) is 0 Å². The van der Waals surface area contributed by atoms with Gasteiger partial charge in [-0.2, -0.15) is 0 Å². The summed E-state index contributed by atoms with van der Waals surface area (Å²) >= 11 is 0. The van der Waals surface area contributed by atoms with E-state index in [0.717, 1.165) is 25.7 Å². The second-order valence-corrected chi connectivity index (χ2v) is 11.1. The third-order valence-corrected chi connectivity index (χ3v) is 9.46. The molecule has 5 heteroatoms. The second-order valence-electron chi connectivity index (χ2n) is 11.1. The van der Waals surface area contributed by atoms with Gasteiger partial charge >= 0.3 is 0 Å². The molecule has 9 atom stereocenters. The summed E-state index contributed by atoms with van der Waals surface area (Å²) in [4.78, 5) is 3.11. The van der Waals surface area contributed by atoms with E-state index in [1.807, 2.05) is 13.8 Å². The Morgan fingerprint density at radius 1 is 1.10 bits per heavy atom. The van der Waals surface area contributed by atoms with Crippen LogP contribution in [0, 0.1) is 46.8 Å². The highest BCUT2D eigenvalue weighted by Gasteiger charge is 2.67. The quantitative estimate of drug-likeness (QED) is 0.250. The molecule has 0 amide bonds. The zero-order valence-corrected chi connectivity index (χ0v) is 18.1. The van der Waals surface area contributed by atoms with Crippen molar-refractivity contribution >= 4 is 0 Å². The maximum atomic E-state index is 9.00. The van der Waals surface area contributed by atoms with E-state index in [2.05, 4.69) is 35.9 Å². The summed E-state index contributed by atoms with van der Waals surface area (Å²) in [5, 5.41) is 4.10. The van der Waals surface area contributed by atoms with Crippen LogP contribution in [0.4, 0.5) is 0 Å². The molecule has 0 bridgehead atoms. The van der Waals surface area contributed by atoms with Crippen LogP contribution < -0.4 is 0 Å². The lowest BCUT2D eigenvalue weighted by Gasteiger charge is -2.63. The lowest BCUT2D eigenvalue weighted by Crippen LogP contribution is -2.63. The summed E-state index contributed by atoms with van der Waals surface area (Å²) in [7, 11) is 0. The first-order valence-corrected chi connectivity index (χ1v) is 11.3. The molecular weight excluding hydrogens is 362 g/mol. The molecule has 5 aliphatic rings. The van der Waals surface area contributed by atoms with Gasteiger partial charge in [0, 0.05) is 21.9 Å². The van der Waals surface area contributed by atoms with Gasteiger partial charge < -0.3 is 9.47 Å². The topological polar surface area (TPSA) is 67.2 Å². The van der Waals surface area contributed by atoms with Crippen LogP contribution in [0.15, 0.2) is 16.8 Å². The van der Waals surface area contributed by atoms with Crippen LogP contribution in [0.25, 0.3) is 10.4 Å². The predicted molar refractivity (Wildman–Crippen MR) is 112 cm³/mol. The highest BCUT2D eigenvalue weighted by atomic mass is 16.8. The Bertz CT molecular complexity index is 838. The number of hydrogen-bond donors (Lipinski definition) is 0. The predicted octanol–water partition coefficient (Wildman–Crippen LogP) is 5.62. The van der Waals surface area contributed by atoms with E-state index >= 15 is 0 Å². The summed E-state index contributed by atoms with van der Waals surface area (Å²) in [6.07, 6.45) is 14.8. The zero-order chi connectivity index (χ0) is 20.6. The molecule has 29 heavy (non-hydrogen) atoms. The molecule has 4 aliphatic carbocycles. The maximum absolute atomic E-state index is 9.00. The molecule has 0 aromatic heterocycles. The smallest absolute Gasteiger partial charge is 0.163 e. The molecule has 4 fully saturated rings. The number of terminal acetylenes is 1. The van der Waals surface area contributed by atoms with E-state index in [4.69, 9.17) is 21.4 Å². The first-order chi connectivity index (χ1) is 13.7. The van der Waals surface area contributed by atoms with Crippen molar-refractivity contribution in [2.24, 2.45) is 39.6 Å². The Labute approximate surface area is 174 Å². The van der Waals surface area contributed by atoms with Crippen molar-refractivity contribution in [2.45, 2.75) is 90.3 Å². The highest BCUT2D eigenvalue weighted by Crippen LogP contribution is 2.68. The number of rotatable bonds is 1. The van der Waals surface area contributed by atoms with E-state index in [0.29, 0.717) is 23.7 Å². The van der Waals surface area contributed by atoms with Crippen molar-refractivity contribution in [1.82, 2.24) is 0 Å². The third kappa shape index (κ3) is 2.59. The summed E-state index contributed by atoms with van der Waals surface area (Å²) in [6, 6.07) is 0.0811. The minimum absolute atomic E-state index is 0.0742. The molecule has 5 nitrogen and oxygen atoms in total. The second kappa shape index (κ2) is 6.27. The molecule has 3 saturated carbocycles. The normalized spacial score (nSPS) is 52.1. The molecule has 0 aromatic rings. The summed E-state index contributed by atoms with van der Waals surface area (Å²) in [5.41, 5.74) is 10.5. The maximum Gasteiger partial charge on any atom is 0.163 e. The molecule has 5 rings (SSSR count). The van der Waals surface area contributed by atoms with Gasteiger partial charge in [0.25, 0.3) is 0 Å². The van der Waals surface area contributed by atoms with Gasteiger partial charge in [0.2, 0.25) is 0 Å². The first-order valence-electron chi connectivity index (χ1n) is 11.3. The number of azide groups is 1. The molecule has 156 valence electrons. The third-order valence-electron chi connectivity index (χ3n) is 9.46. The van der Waals surface area contributed by atoms with Gasteiger partial charge in [-0.1, -0.05) is 31.0 Å². The van der Waals surface area contributed by atoms with E-state index in [9.17, 15) is 0 Å². The molecule has 0 aromatic carbocycles. The number of hydrogen-bond acceptors (Lipinski definition) is 3. The van der Waals surface area contributed by atoms with Gasteiger partial charge in [-0.25, -0.2) is 0 Å². The van der Waals surface area contributed by atoms with Crippen LogP contribution in [0.2, 0.25) is 0 Å². The number of nitrogens with zero attached hydrogens (tertiary/aromatic N) is 3. The van der Waals surface area contributed by atoms with E-state index < -0.39 is 5.79 Å². The minimum Gasteiger partial charge on any atom is -0.344 e. The van der Waals surface area contributed by atoms with Crippen molar-refractivity contribution in [1.29, 1.82) is 0 Å². The monoisotopic (exact) mass is 395 g/mol. The van der Waals surface area contributed by atoms with Gasteiger partial charge in [-0.15, -0.1) is 6.42 Å². The first kappa shape index (κ1) is 19.5. The summed E-state index contributed by atoms with van der Waals surface area (Å²) in [5.74, 6) is 4.44. The van der Waals surface area contributed by atoms with Crippen molar-refractivity contribution < 1.29 is 9.47 Å². The van der Waals surface area contributed by atoms with E-state index in [1.165, 1.54) is 18.4 Å². The van der Waals surface area contributed by atoms with Crippen LogP contribution in [0.1, 0.15) is 66.2 Å². The molecular formula is C24H33N3O2. The Morgan fingerprint density at radius 2 is 1.86 bits per heavy atom. The average molecular weight is 396 g/mol. The highest BCUT2D eigenvalue weighted by molar-refractivity contribution is 5.38. The number of fused-ring (bicyclic) bond motifs is 8. The Kier molecular flexibility index (Phi) is 4.21. The van der Waals surface area contributed by atoms with Gasteiger partial charge in [-0.05, 0) is 87.0 Å². The molecule has 1 aliphatic heterocycles. The minimum atomic E-state index is -0.564. The van der Waals surface area contributed by atoms with E-state index in [-0.39, 0.29) is 29.1 Å². The molecule has 0 N–H and O–H groups in total. The largest absolute Gasteiger partial charge is 0.344 e. The molecule has 4 unspecified atom stereocenters. The van der Waals surface area contributed by atoms with Crippen LogP contribution >= 0.6 is 0 Å². The van der Waals surface area contributed by atoms with Crippen molar-refractivity contribution in [2.75, 3.05) is 0 Å². The van der Waals surface area contributed by atoms with Crippen molar-refractivity contribution in [3.8, 4) is 12.3 Å². The zero-order valence-electron chi connectivity index (χ0n) is 18.1. The lowest BCUT2D eigenvalue weighted by molar-refractivity contribution is -0.173. The number of allylic oxidation sites excluding steroid dienone is 2. The van der Waals surface area contributed by atoms with Crippen molar-refractivity contribution in [3.05, 3.63) is 22.1 Å². The van der Waals surface area contributed by atoms with E-state index in [1.54, 1.807) is 0 Å². The average Bonchev–Trinajstić information content (AvgIpc) is 3.18. The summed E-state index contributed by atoms with van der Waals surface area (Å²) < 4.78 is 13.2. The fourth-order valence-corrected chi connectivity index (χ4v) is 8.14. The van der Waals surface area contributed by atoms with Crippen LogP contribution in [0.3, 0.4) is 0 Å². The lowest BCUT2D eigenvalue weighted by atomic mass is 9.43. The Morgan fingerprint density at radius 3 is 2.59 bits per heavy atom. The van der Waals surface area contributed by atoms with Gasteiger partial charge in [0.1, 0.15) is 0 Å². The van der Waals surface area contributed by atoms with Crippen molar-refractivity contribution in [3.63, 3.8) is 0 Å². The molecule has 0 radical (unpaired) electrons. The standard InChI is InChI=1S/C24H33N3O2/c1-6-14-7-8-16-19-17(10-12-23(14,16)4)24(5)11-9-15(26-27-25)13-18(24)20-21(19)29-22(2,3)28-20/h1,7,15-21H,8-13H2,2-5H3/t15-,16?,17?,18?,19?,20+,21+,23+,24+/m0/s1. The fraction of sp³-hybridized carbons (Fsp3) is 0.833. The molecule has 1 heterocycles. The molecule has 1 saturated heterocycles. The van der Waals surface area contributed by atoms with Gasteiger partial charge in [0.05, 0.1) is 12.2 Å². The molecule has 0 spiro atoms. The van der Waals surface area contributed by atoms with Gasteiger partial charge in [0.15, 0.2) is 5.79 Å². The SMILES string of the molecule is C#CC1=CCC2C3C(CC[C@]12C)[C@@]1(C)CC[C@H](N=[N+]=[N-])CC1[C@H]1OC(C)(C)O[C@H]31. The summed E-state index contributed by atoms with van der Waals surface area (Å²) in [6.45, 7) is 8.97.